The molecule has 1 fully saturated rings. The molecule has 4 nitrogen and oxygen atoms in total. The van der Waals surface area contributed by atoms with E-state index in [1.807, 2.05) is 30.3 Å². The molecule has 20 heavy (non-hydrogen) atoms. The fraction of sp³-hybridized carbons (Fsp3) is 0.533. The van der Waals surface area contributed by atoms with Gasteiger partial charge in [-0.3, -0.25) is 4.79 Å². The average molecular weight is 299 g/mol. The van der Waals surface area contributed by atoms with Crippen LogP contribution in [0.1, 0.15) is 18.4 Å². The molecule has 1 heterocycles. The number of carbonyl (C=O) groups is 1. The van der Waals surface area contributed by atoms with E-state index in [1.165, 1.54) is 0 Å². The summed E-state index contributed by atoms with van der Waals surface area (Å²) in [4.78, 5) is 11.9. The zero-order valence-electron chi connectivity index (χ0n) is 11.5. The maximum absolute atomic E-state index is 11.9. The summed E-state index contributed by atoms with van der Waals surface area (Å²) in [5.41, 5.74) is 1.09. The van der Waals surface area contributed by atoms with E-state index in [9.17, 15) is 9.90 Å². The molecule has 2 unspecified atom stereocenters. The number of benzene rings is 1. The minimum atomic E-state index is -0.525. The lowest BCUT2D eigenvalue weighted by Gasteiger charge is -2.22. The quantitative estimate of drug-likeness (QED) is 0.764. The Hall–Kier alpha value is -1.10. The first-order chi connectivity index (χ1) is 9.25. The zero-order chi connectivity index (χ0) is 13.5. The van der Waals surface area contributed by atoms with Crippen LogP contribution < -0.4 is 10.6 Å². The van der Waals surface area contributed by atoms with E-state index < -0.39 is 6.10 Å². The van der Waals surface area contributed by atoms with Gasteiger partial charge in [0.05, 0.1) is 12.0 Å². The van der Waals surface area contributed by atoms with Crippen LogP contribution in [-0.2, 0) is 11.2 Å². The van der Waals surface area contributed by atoms with Crippen LogP contribution >= 0.6 is 12.4 Å². The van der Waals surface area contributed by atoms with E-state index in [-0.39, 0.29) is 24.2 Å². The van der Waals surface area contributed by atoms with Gasteiger partial charge in [-0.25, -0.2) is 0 Å². The van der Waals surface area contributed by atoms with E-state index in [0.29, 0.717) is 13.0 Å². The van der Waals surface area contributed by atoms with Gasteiger partial charge in [0.15, 0.2) is 0 Å². The number of aliphatic hydroxyl groups excluding tert-OH is 1. The Kier molecular flexibility index (Phi) is 7.59. The molecule has 3 N–H and O–H groups in total. The SMILES string of the molecule is Cl.O=C(NCC(O)Cc1ccccc1)C1CCCNC1. The van der Waals surface area contributed by atoms with Crippen molar-refractivity contribution >= 4 is 18.3 Å². The van der Waals surface area contributed by atoms with Crippen LogP contribution in [0.3, 0.4) is 0 Å². The fourth-order valence-electron chi connectivity index (χ4n) is 2.40. The smallest absolute Gasteiger partial charge is 0.224 e. The molecule has 0 bridgehead atoms. The molecular weight excluding hydrogens is 276 g/mol. The zero-order valence-corrected chi connectivity index (χ0v) is 12.4. The topological polar surface area (TPSA) is 61.4 Å². The summed E-state index contributed by atoms with van der Waals surface area (Å²) in [7, 11) is 0. The molecule has 5 heteroatoms. The van der Waals surface area contributed by atoms with Crippen LogP contribution in [0.15, 0.2) is 30.3 Å². The lowest BCUT2D eigenvalue weighted by Crippen LogP contribution is -2.43. The number of hydrogen-bond acceptors (Lipinski definition) is 3. The van der Waals surface area contributed by atoms with Gasteiger partial charge >= 0.3 is 0 Å². The Labute approximate surface area is 126 Å². The van der Waals surface area contributed by atoms with Crippen LogP contribution in [0.25, 0.3) is 0 Å². The summed E-state index contributed by atoms with van der Waals surface area (Å²) >= 11 is 0. The standard InChI is InChI=1S/C15H22N2O2.ClH/c18-14(9-12-5-2-1-3-6-12)11-17-15(19)13-7-4-8-16-10-13;/h1-3,5-6,13-14,16,18H,4,7-11H2,(H,17,19);1H. The normalized spacial score (nSPS) is 19.8. The Morgan fingerprint density at radius 1 is 1.40 bits per heavy atom. The molecule has 1 saturated heterocycles. The van der Waals surface area contributed by atoms with Crippen molar-refractivity contribution in [3.05, 3.63) is 35.9 Å². The highest BCUT2D eigenvalue weighted by atomic mass is 35.5. The largest absolute Gasteiger partial charge is 0.391 e. The van der Waals surface area contributed by atoms with Crippen molar-refractivity contribution in [3.8, 4) is 0 Å². The molecule has 2 rings (SSSR count). The van der Waals surface area contributed by atoms with Gasteiger partial charge in [0.1, 0.15) is 0 Å². The molecule has 0 spiro atoms. The van der Waals surface area contributed by atoms with Crippen molar-refractivity contribution in [1.82, 2.24) is 10.6 Å². The Morgan fingerprint density at radius 2 is 2.15 bits per heavy atom. The third-order valence-electron chi connectivity index (χ3n) is 3.49. The molecule has 0 radical (unpaired) electrons. The van der Waals surface area contributed by atoms with Gasteiger partial charge in [0.2, 0.25) is 5.91 Å². The third-order valence-corrected chi connectivity index (χ3v) is 3.49. The van der Waals surface area contributed by atoms with Crippen molar-refractivity contribution in [2.24, 2.45) is 5.92 Å². The lowest BCUT2D eigenvalue weighted by atomic mass is 9.98. The first-order valence-electron chi connectivity index (χ1n) is 6.96. The van der Waals surface area contributed by atoms with Crippen LogP contribution in [0.4, 0.5) is 0 Å². The van der Waals surface area contributed by atoms with Crippen LogP contribution in [0.5, 0.6) is 0 Å². The molecule has 0 aliphatic carbocycles. The van der Waals surface area contributed by atoms with Gasteiger partial charge in [0.25, 0.3) is 0 Å². The van der Waals surface area contributed by atoms with Crippen LogP contribution in [0.2, 0.25) is 0 Å². The molecule has 1 aromatic carbocycles. The Balaban J connectivity index is 0.00000200. The highest BCUT2D eigenvalue weighted by molar-refractivity contribution is 5.85. The molecule has 112 valence electrons. The second kappa shape index (κ2) is 8.95. The molecule has 0 aromatic heterocycles. The molecule has 2 atom stereocenters. The fourth-order valence-corrected chi connectivity index (χ4v) is 2.40. The molecular formula is C15H23ClN2O2. The predicted octanol–water partition coefficient (Wildman–Crippen LogP) is 1.13. The molecule has 1 aromatic rings. The molecule has 1 amide bonds. The maximum Gasteiger partial charge on any atom is 0.224 e. The average Bonchev–Trinajstić information content (AvgIpc) is 2.47. The number of piperidine rings is 1. The monoisotopic (exact) mass is 298 g/mol. The minimum Gasteiger partial charge on any atom is -0.391 e. The highest BCUT2D eigenvalue weighted by Crippen LogP contribution is 2.09. The van der Waals surface area contributed by atoms with E-state index in [1.54, 1.807) is 0 Å². The maximum atomic E-state index is 11.9. The van der Waals surface area contributed by atoms with Gasteiger partial charge in [-0.05, 0) is 24.9 Å². The van der Waals surface area contributed by atoms with E-state index in [2.05, 4.69) is 10.6 Å². The summed E-state index contributed by atoms with van der Waals surface area (Å²) in [6, 6.07) is 9.82. The van der Waals surface area contributed by atoms with E-state index in [4.69, 9.17) is 0 Å². The molecule has 1 aliphatic heterocycles. The number of nitrogens with one attached hydrogen (secondary N) is 2. The number of amides is 1. The number of hydrogen-bond donors (Lipinski definition) is 3. The highest BCUT2D eigenvalue weighted by Gasteiger charge is 2.21. The van der Waals surface area contributed by atoms with Crippen molar-refractivity contribution in [2.45, 2.75) is 25.4 Å². The number of rotatable bonds is 5. The van der Waals surface area contributed by atoms with Crippen molar-refractivity contribution in [2.75, 3.05) is 19.6 Å². The molecule has 0 saturated carbocycles. The summed E-state index contributed by atoms with van der Waals surface area (Å²) in [5.74, 6) is 0.108. The van der Waals surface area contributed by atoms with E-state index in [0.717, 1.165) is 31.5 Å². The van der Waals surface area contributed by atoms with Gasteiger partial charge in [-0.2, -0.15) is 0 Å². The van der Waals surface area contributed by atoms with Gasteiger partial charge in [0, 0.05) is 19.5 Å². The predicted molar refractivity (Wildman–Crippen MR) is 82.0 cm³/mol. The van der Waals surface area contributed by atoms with Crippen molar-refractivity contribution < 1.29 is 9.90 Å². The van der Waals surface area contributed by atoms with Gasteiger partial charge in [-0.15, -0.1) is 12.4 Å². The lowest BCUT2D eigenvalue weighted by molar-refractivity contribution is -0.125. The van der Waals surface area contributed by atoms with Gasteiger partial charge in [-0.1, -0.05) is 30.3 Å². The number of aliphatic hydroxyl groups is 1. The van der Waals surface area contributed by atoms with Crippen LogP contribution in [-0.4, -0.2) is 36.8 Å². The first kappa shape index (κ1) is 17.0. The Morgan fingerprint density at radius 3 is 2.80 bits per heavy atom. The summed E-state index contributed by atoms with van der Waals surface area (Å²) in [5, 5.41) is 16.0. The minimum absolute atomic E-state index is 0. The molecule has 1 aliphatic rings. The van der Waals surface area contributed by atoms with Crippen molar-refractivity contribution in [3.63, 3.8) is 0 Å². The van der Waals surface area contributed by atoms with E-state index >= 15 is 0 Å². The van der Waals surface area contributed by atoms with Crippen molar-refractivity contribution in [1.29, 1.82) is 0 Å². The number of carbonyl (C=O) groups excluding carboxylic acids is 1. The Bertz CT molecular complexity index is 394. The van der Waals surface area contributed by atoms with Gasteiger partial charge < -0.3 is 15.7 Å². The summed E-state index contributed by atoms with van der Waals surface area (Å²) in [6.07, 6.45) is 2.03. The second-order valence-electron chi connectivity index (χ2n) is 5.13. The summed E-state index contributed by atoms with van der Waals surface area (Å²) < 4.78 is 0. The summed E-state index contributed by atoms with van der Waals surface area (Å²) in [6.45, 7) is 2.07. The number of halogens is 1. The first-order valence-corrected chi connectivity index (χ1v) is 6.96. The second-order valence-corrected chi connectivity index (χ2v) is 5.13. The third kappa shape index (κ3) is 5.49. The van der Waals surface area contributed by atoms with Crippen LogP contribution in [0, 0.1) is 5.92 Å².